The van der Waals surface area contributed by atoms with E-state index in [9.17, 15) is 18.6 Å². The average Bonchev–Trinajstić information content (AvgIpc) is 2.73. The van der Waals surface area contributed by atoms with Crippen molar-refractivity contribution in [3.05, 3.63) is 0 Å². The lowest BCUT2D eigenvalue weighted by Gasteiger charge is -2.38. The Hall–Kier alpha value is -0.130. The van der Waals surface area contributed by atoms with Gasteiger partial charge in [-0.3, -0.25) is 0 Å². The third kappa shape index (κ3) is 3.45. The molecule has 0 aromatic rings. The van der Waals surface area contributed by atoms with Gasteiger partial charge in [-0.15, -0.1) is 0 Å². The Morgan fingerprint density at radius 2 is 1.78 bits per heavy atom. The predicted molar refractivity (Wildman–Crippen MR) is 72.1 cm³/mol. The molecule has 0 bridgehead atoms. The molecule has 0 radical (unpaired) electrons. The van der Waals surface area contributed by atoms with Gasteiger partial charge >= 0.3 is 0 Å². The molecule has 1 fully saturated rings. The Balaban J connectivity index is 2.86. The molecule has 18 heavy (non-hydrogen) atoms. The van der Waals surface area contributed by atoms with Crippen molar-refractivity contribution in [3.63, 3.8) is 0 Å². The molecular formula is C13H26O4S. The minimum absolute atomic E-state index is 0.0990. The van der Waals surface area contributed by atoms with E-state index < -0.39 is 15.3 Å². The quantitative estimate of drug-likeness (QED) is 0.734. The van der Waals surface area contributed by atoms with E-state index in [4.69, 9.17) is 0 Å². The van der Waals surface area contributed by atoms with E-state index in [0.717, 1.165) is 12.8 Å². The zero-order valence-corrected chi connectivity index (χ0v) is 12.2. The zero-order valence-electron chi connectivity index (χ0n) is 11.4. The minimum atomic E-state index is -2.97. The Labute approximate surface area is 110 Å². The highest BCUT2D eigenvalue weighted by molar-refractivity contribution is 7.91. The van der Waals surface area contributed by atoms with E-state index in [1.54, 1.807) is 0 Å². The minimum Gasteiger partial charge on any atom is -0.396 e. The van der Waals surface area contributed by atoms with E-state index in [-0.39, 0.29) is 30.6 Å². The summed E-state index contributed by atoms with van der Waals surface area (Å²) in [5.74, 6) is 0.655. The van der Waals surface area contributed by atoms with E-state index >= 15 is 0 Å². The van der Waals surface area contributed by atoms with Crippen LogP contribution in [0.15, 0.2) is 0 Å². The fraction of sp³-hybridized carbons (Fsp3) is 1.00. The van der Waals surface area contributed by atoms with Gasteiger partial charge in [0.05, 0.1) is 24.7 Å². The molecule has 0 saturated carbocycles. The Kier molecular flexibility index (Phi) is 5.62. The fourth-order valence-corrected chi connectivity index (χ4v) is 4.98. The molecule has 1 heterocycles. The standard InChI is InChI=1S/C13H26O4S/c1-3-11(4-2)7-13(9-14,10-15)12-5-6-18(16,17)8-12/h11-12,14-15H,3-10H2,1-2H3. The summed E-state index contributed by atoms with van der Waals surface area (Å²) >= 11 is 0. The maximum absolute atomic E-state index is 11.6. The molecule has 1 unspecified atom stereocenters. The number of hydrogen-bond acceptors (Lipinski definition) is 4. The number of aliphatic hydroxyl groups excluding tert-OH is 2. The molecule has 1 rings (SSSR count). The van der Waals surface area contributed by atoms with Crippen LogP contribution >= 0.6 is 0 Å². The smallest absolute Gasteiger partial charge is 0.150 e. The van der Waals surface area contributed by atoms with Crippen molar-refractivity contribution < 1.29 is 18.6 Å². The van der Waals surface area contributed by atoms with Crippen molar-refractivity contribution in [1.82, 2.24) is 0 Å². The lowest BCUT2D eigenvalue weighted by Crippen LogP contribution is -2.40. The van der Waals surface area contributed by atoms with Crippen LogP contribution in [0.25, 0.3) is 0 Å². The van der Waals surface area contributed by atoms with Gasteiger partial charge in [0.2, 0.25) is 0 Å². The second-order valence-electron chi connectivity index (χ2n) is 5.67. The maximum atomic E-state index is 11.6. The topological polar surface area (TPSA) is 74.6 Å². The number of aliphatic hydroxyl groups is 2. The number of rotatable bonds is 7. The van der Waals surface area contributed by atoms with Gasteiger partial charge in [0.1, 0.15) is 0 Å². The van der Waals surface area contributed by atoms with Gasteiger partial charge in [0, 0.05) is 5.41 Å². The molecule has 0 aromatic carbocycles. The summed E-state index contributed by atoms with van der Waals surface area (Å²) in [7, 11) is -2.97. The van der Waals surface area contributed by atoms with Crippen molar-refractivity contribution in [2.45, 2.75) is 39.5 Å². The number of hydrogen-bond donors (Lipinski definition) is 2. The van der Waals surface area contributed by atoms with Gasteiger partial charge in [0.25, 0.3) is 0 Å². The van der Waals surface area contributed by atoms with Crippen molar-refractivity contribution in [2.24, 2.45) is 17.3 Å². The first-order valence-electron chi connectivity index (χ1n) is 6.85. The summed E-state index contributed by atoms with van der Waals surface area (Å²) in [6.45, 7) is 3.94. The van der Waals surface area contributed by atoms with E-state index in [2.05, 4.69) is 13.8 Å². The van der Waals surface area contributed by atoms with Crippen LogP contribution in [0.1, 0.15) is 39.5 Å². The SMILES string of the molecule is CCC(CC)CC(CO)(CO)C1CCS(=O)(=O)C1. The van der Waals surface area contributed by atoms with E-state index in [1.807, 2.05) is 0 Å². The van der Waals surface area contributed by atoms with E-state index in [0.29, 0.717) is 18.8 Å². The first-order chi connectivity index (χ1) is 8.43. The molecule has 1 atom stereocenters. The molecule has 1 aliphatic heterocycles. The monoisotopic (exact) mass is 278 g/mol. The second-order valence-corrected chi connectivity index (χ2v) is 7.89. The van der Waals surface area contributed by atoms with Crippen LogP contribution in [-0.4, -0.2) is 43.4 Å². The molecule has 1 aliphatic rings. The largest absolute Gasteiger partial charge is 0.396 e. The van der Waals surface area contributed by atoms with Crippen LogP contribution < -0.4 is 0 Å². The number of sulfone groups is 1. The van der Waals surface area contributed by atoms with Gasteiger partial charge in [-0.05, 0) is 24.7 Å². The fourth-order valence-electron chi connectivity index (χ4n) is 3.03. The molecule has 2 N–H and O–H groups in total. The van der Waals surface area contributed by atoms with Gasteiger partial charge < -0.3 is 10.2 Å². The summed E-state index contributed by atoms with van der Waals surface area (Å²) < 4.78 is 23.2. The van der Waals surface area contributed by atoms with Crippen molar-refractivity contribution in [3.8, 4) is 0 Å². The highest BCUT2D eigenvalue weighted by Crippen LogP contribution is 2.41. The maximum Gasteiger partial charge on any atom is 0.150 e. The zero-order chi connectivity index (χ0) is 13.8. The molecule has 0 aliphatic carbocycles. The van der Waals surface area contributed by atoms with Crippen LogP contribution in [-0.2, 0) is 9.84 Å². The Morgan fingerprint density at radius 1 is 1.22 bits per heavy atom. The average molecular weight is 278 g/mol. The summed E-state index contributed by atoms with van der Waals surface area (Å²) in [6, 6.07) is 0. The summed E-state index contributed by atoms with van der Waals surface area (Å²) in [4.78, 5) is 0. The molecule has 0 spiro atoms. The van der Waals surface area contributed by atoms with Gasteiger partial charge in [-0.25, -0.2) is 8.42 Å². The lowest BCUT2D eigenvalue weighted by atomic mass is 9.69. The molecule has 1 saturated heterocycles. The highest BCUT2D eigenvalue weighted by Gasteiger charge is 2.44. The van der Waals surface area contributed by atoms with Gasteiger partial charge in [-0.1, -0.05) is 26.7 Å². The van der Waals surface area contributed by atoms with Crippen LogP contribution in [0.4, 0.5) is 0 Å². The van der Waals surface area contributed by atoms with Crippen molar-refractivity contribution >= 4 is 9.84 Å². The summed E-state index contributed by atoms with van der Waals surface area (Å²) in [5.41, 5.74) is -0.625. The summed E-state index contributed by atoms with van der Waals surface area (Å²) in [6.07, 6.45) is 3.28. The third-order valence-corrected chi connectivity index (χ3v) is 6.35. The van der Waals surface area contributed by atoms with Crippen molar-refractivity contribution in [2.75, 3.05) is 24.7 Å². The lowest BCUT2D eigenvalue weighted by molar-refractivity contribution is -0.00869. The first kappa shape index (κ1) is 15.9. The molecular weight excluding hydrogens is 252 g/mol. The normalized spacial score (nSPS) is 23.7. The first-order valence-corrected chi connectivity index (χ1v) is 8.67. The van der Waals surface area contributed by atoms with E-state index in [1.165, 1.54) is 0 Å². The Bertz CT molecular complexity index is 342. The molecule has 0 aromatic heterocycles. The third-order valence-electron chi connectivity index (χ3n) is 4.58. The second kappa shape index (κ2) is 6.35. The van der Waals surface area contributed by atoms with Crippen molar-refractivity contribution in [1.29, 1.82) is 0 Å². The van der Waals surface area contributed by atoms with Gasteiger partial charge in [-0.2, -0.15) is 0 Å². The highest BCUT2D eigenvalue weighted by atomic mass is 32.2. The predicted octanol–water partition coefficient (Wildman–Crippen LogP) is 1.22. The Morgan fingerprint density at radius 3 is 2.11 bits per heavy atom. The van der Waals surface area contributed by atoms with Crippen LogP contribution in [0, 0.1) is 17.3 Å². The molecule has 4 nitrogen and oxygen atoms in total. The van der Waals surface area contributed by atoms with Crippen LogP contribution in [0.5, 0.6) is 0 Å². The molecule has 0 amide bonds. The summed E-state index contributed by atoms with van der Waals surface area (Å²) in [5, 5.41) is 19.4. The van der Waals surface area contributed by atoms with Crippen LogP contribution in [0.3, 0.4) is 0 Å². The van der Waals surface area contributed by atoms with Gasteiger partial charge in [0.15, 0.2) is 9.84 Å². The molecule has 108 valence electrons. The molecule has 5 heteroatoms. The van der Waals surface area contributed by atoms with Crippen LogP contribution in [0.2, 0.25) is 0 Å².